The van der Waals surface area contributed by atoms with E-state index in [1.54, 1.807) is 0 Å². The number of fused-ring (bicyclic) bond motifs is 1. The normalized spacial score (nSPS) is 16.2. The fraction of sp³-hybridized carbons (Fsp3) is 0.667. The summed E-state index contributed by atoms with van der Waals surface area (Å²) in [6.07, 6.45) is 8.05. The maximum atomic E-state index is 4.80. The van der Waals surface area contributed by atoms with E-state index in [-0.39, 0.29) is 0 Å². The van der Waals surface area contributed by atoms with Crippen LogP contribution < -0.4 is 5.49 Å². The molecule has 0 bridgehead atoms. The topological polar surface area (TPSA) is 58.9 Å². The lowest BCUT2D eigenvalue weighted by molar-refractivity contribution is 0.602. The van der Waals surface area contributed by atoms with Crippen LogP contribution in [0.3, 0.4) is 0 Å². The summed E-state index contributed by atoms with van der Waals surface area (Å²) in [7, 11) is 0. The molecule has 108 valence electrons. The quantitative estimate of drug-likeness (QED) is 0.823. The summed E-state index contributed by atoms with van der Waals surface area (Å²) in [5.74, 6) is 1.74. The Hall–Kier alpha value is -1.65. The van der Waals surface area contributed by atoms with Crippen LogP contribution in [0.5, 0.6) is 0 Å². The van der Waals surface area contributed by atoms with Gasteiger partial charge in [0, 0.05) is 19.0 Å². The Morgan fingerprint density at radius 2 is 2.20 bits per heavy atom. The molecule has 0 unspecified atom stereocenters. The van der Waals surface area contributed by atoms with E-state index in [4.69, 9.17) is 4.98 Å². The zero-order valence-corrected chi connectivity index (χ0v) is 12.4. The molecule has 20 heavy (non-hydrogen) atoms. The smallest absolute Gasteiger partial charge is 0.176 e. The van der Waals surface area contributed by atoms with Crippen LogP contribution in [0.2, 0.25) is 0 Å². The number of H-pyrrole nitrogens is 1. The minimum atomic E-state index is 0.626. The highest BCUT2D eigenvalue weighted by Gasteiger charge is 2.27. The minimum absolute atomic E-state index is 0.626. The molecule has 0 amide bonds. The van der Waals surface area contributed by atoms with Gasteiger partial charge in [0.25, 0.3) is 0 Å². The van der Waals surface area contributed by atoms with Gasteiger partial charge in [0.15, 0.2) is 11.1 Å². The van der Waals surface area contributed by atoms with Crippen molar-refractivity contribution in [2.75, 3.05) is 6.54 Å². The second-order valence-corrected chi connectivity index (χ2v) is 5.54. The molecular formula is C15H23N5. The molecule has 1 fully saturated rings. The largest absolute Gasteiger partial charge is 0.337 e. The van der Waals surface area contributed by atoms with Gasteiger partial charge in [-0.1, -0.05) is 19.8 Å². The third-order valence-corrected chi connectivity index (χ3v) is 3.79. The van der Waals surface area contributed by atoms with Gasteiger partial charge in [-0.25, -0.2) is 9.97 Å². The number of rotatable bonds is 6. The van der Waals surface area contributed by atoms with Crippen molar-refractivity contribution in [2.45, 2.75) is 58.4 Å². The van der Waals surface area contributed by atoms with Gasteiger partial charge in [0.1, 0.15) is 11.3 Å². The third-order valence-electron chi connectivity index (χ3n) is 3.79. The number of hydrogen-bond acceptors (Lipinski definition) is 3. The molecule has 0 radical (unpaired) electrons. The van der Waals surface area contributed by atoms with Gasteiger partial charge < -0.3 is 9.55 Å². The van der Waals surface area contributed by atoms with Gasteiger partial charge in [-0.2, -0.15) is 0 Å². The summed E-state index contributed by atoms with van der Waals surface area (Å²) in [5.41, 5.74) is 2.83. The van der Waals surface area contributed by atoms with E-state index in [9.17, 15) is 0 Å². The van der Waals surface area contributed by atoms with E-state index < -0.39 is 0 Å². The van der Waals surface area contributed by atoms with Crippen LogP contribution in [-0.2, 0) is 6.54 Å². The zero-order valence-electron chi connectivity index (χ0n) is 12.4. The summed E-state index contributed by atoms with van der Waals surface area (Å²) < 4.78 is 2.17. The summed E-state index contributed by atoms with van der Waals surface area (Å²) in [4.78, 5) is 17.2. The maximum absolute atomic E-state index is 4.80. The molecule has 0 aliphatic heterocycles. The molecule has 5 nitrogen and oxygen atoms in total. The van der Waals surface area contributed by atoms with Crippen LogP contribution in [0, 0.1) is 0 Å². The Morgan fingerprint density at radius 1 is 1.35 bits per heavy atom. The summed E-state index contributed by atoms with van der Waals surface area (Å²) in [6, 6.07) is 0. The van der Waals surface area contributed by atoms with Gasteiger partial charge in [-0.15, -0.1) is 0 Å². The highest BCUT2D eigenvalue weighted by molar-refractivity contribution is 5.69. The Bertz CT molecular complexity index is 648. The first kappa shape index (κ1) is 13.3. The SMILES string of the molecule is CCCCCn1cnc(=NCC)c2[nH]c(C3CC3)nc21. The van der Waals surface area contributed by atoms with Crippen LogP contribution >= 0.6 is 0 Å². The Labute approximate surface area is 119 Å². The third kappa shape index (κ3) is 2.62. The molecule has 0 aromatic carbocycles. The van der Waals surface area contributed by atoms with Crippen molar-refractivity contribution in [3.63, 3.8) is 0 Å². The molecule has 2 heterocycles. The van der Waals surface area contributed by atoms with Crippen molar-refractivity contribution in [1.82, 2.24) is 19.5 Å². The molecule has 1 aliphatic carbocycles. The van der Waals surface area contributed by atoms with E-state index in [2.05, 4.69) is 26.5 Å². The number of hydrogen-bond donors (Lipinski definition) is 1. The van der Waals surface area contributed by atoms with Gasteiger partial charge in [0.2, 0.25) is 0 Å². The van der Waals surface area contributed by atoms with Gasteiger partial charge in [-0.3, -0.25) is 4.99 Å². The van der Waals surface area contributed by atoms with Crippen LogP contribution in [0.25, 0.3) is 11.2 Å². The predicted molar refractivity (Wildman–Crippen MR) is 79.5 cm³/mol. The van der Waals surface area contributed by atoms with E-state index in [1.807, 2.05) is 13.3 Å². The number of aromatic nitrogens is 4. The molecule has 0 spiro atoms. The number of nitrogens with zero attached hydrogens (tertiary/aromatic N) is 4. The minimum Gasteiger partial charge on any atom is -0.337 e. The fourth-order valence-corrected chi connectivity index (χ4v) is 2.50. The lowest BCUT2D eigenvalue weighted by Crippen LogP contribution is -2.14. The second-order valence-electron chi connectivity index (χ2n) is 5.54. The van der Waals surface area contributed by atoms with Crippen LogP contribution in [0.1, 0.15) is 57.7 Å². The van der Waals surface area contributed by atoms with Gasteiger partial charge in [0.05, 0.1) is 6.33 Å². The van der Waals surface area contributed by atoms with Crippen molar-refractivity contribution >= 4 is 11.2 Å². The zero-order chi connectivity index (χ0) is 13.9. The first-order valence-corrected chi connectivity index (χ1v) is 7.79. The highest BCUT2D eigenvalue weighted by atomic mass is 15.1. The van der Waals surface area contributed by atoms with E-state index in [0.717, 1.165) is 35.6 Å². The van der Waals surface area contributed by atoms with Crippen molar-refractivity contribution < 1.29 is 0 Å². The lowest BCUT2D eigenvalue weighted by Gasteiger charge is -2.06. The lowest BCUT2D eigenvalue weighted by atomic mass is 10.2. The van der Waals surface area contributed by atoms with Crippen LogP contribution in [-0.4, -0.2) is 26.1 Å². The molecule has 0 saturated heterocycles. The first-order valence-electron chi connectivity index (χ1n) is 7.79. The average Bonchev–Trinajstić information content (AvgIpc) is 3.20. The number of nitrogens with one attached hydrogen (secondary N) is 1. The standard InChI is InChI=1S/C15H23N5/c1-3-5-6-9-20-10-17-14(16-4-2)12-15(20)19-13(18-12)11-7-8-11/h10-11H,3-9H2,1-2H3,(H,18,19). The fourth-order valence-electron chi connectivity index (χ4n) is 2.50. The highest BCUT2D eigenvalue weighted by Crippen LogP contribution is 2.38. The predicted octanol–water partition coefficient (Wildman–Crippen LogP) is 2.75. The van der Waals surface area contributed by atoms with E-state index in [0.29, 0.717) is 5.92 Å². The summed E-state index contributed by atoms with van der Waals surface area (Å²) in [5, 5.41) is 0. The van der Waals surface area contributed by atoms with E-state index in [1.165, 1.54) is 32.1 Å². The van der Waals surface area contributed by atoms with Crippen molar-refractivity contribution in [3.8, 4) is 0 Å². The molecule has 2 aromatic rings. The molecule has 5 heteroatoms. The Kier molecular flexibility index (Phi) is 3.85. The van der Waals surface area contributed by atoms with Crippen molar-refractivity contribution in [2.24, 2.45) is 4.99 Å². The number of aromatic amines is 1. The van der Waals surface area contributed by atoms with Crippen molar-refractivity contribution in [1.29, 1.82) is 0 Å². The summed E-state index contributed by atoms with van der Waals surface area (Å²) in [6.45, 7) is 5.99. The molecular weight excluding hydrogens is 250 g/mol. The van der Waals surface area contributed by atoms with Crippen LogP contribution in [0.4, 0.5) is 0 Å². The number of aryl methyl sites for hydroxylation is 1. The maximum Gasteiger partial charge on any atom is 0.176 e. The molecule has 0 atom stereocenters. The van der Waals surface area contributed by atoms with Gasteiger partial charge >= 0.3 is 0 Å². The molecule has 1 aliphatic rings. The number of imidazole rings is 1. The first-order chi connectivity index (χ1) is 9.83. The average molecular weight is 273 g/mol. The van der Waals surface area contributed by atoms with E-state index >= 15 is 0 Å². The van der Waals surface area contributed by atoms with Crippen molar-refractivity contribution in [3.05, 3.63) is 17.6 Å². The van der Waals surface area contributed by atoms with Crippen LogP contribution in [0.15, 0.2) is 11.3 Å². The molecule has 3 rings (SSSR count). The monoisotopic (exact) mass is 273 g/mol. The molecule has 1 saturated carbocycles. The second kappa shape index (κ2) is 5.77. The molecule has 2 aromatic heterocycles. The Balaban J connectivity index is 2.02. The number of unbranched alkanes of at least 4 members (excludes halogenated alkanes) is 2. The van der Waals surface area contributed by atoms with Gasteiger partial charge in [-0.05, 0) is 26.2 Å². The molecule has 1 N–H and O–H groups in total. The Morgan fingerprint density at radius 3 is 2.90 bits per heavy atom. The summed E-state index contributed by atoms with van der Waals surface area (Å²) >= 11 is 0.